The van der Waals surface area contributed by atoms with Crippen LogP contribution in [0.4, 0.5) is 0 Å². The van der Waals surface area contributed by atoms with Crippen molar-refractivity contribution in [2.75, 3.05) is 26.9 Å². The molecule has 0 aliphatic rings. The van der Waals surface area contributed by atoms with Gasteiger partial charge < -0.3 is 28.2 Å². The molecule has 0 radical (unpaired) electrons. The van der Waals surface area contributed by atoms with Gasteiger partial charge in [-0.25, -0.2) is 4.79 Å². The summed E-state index contributed by atoms with van der Waals surface area (Å²) in [5.74, 6) is 2.09. The Morgan fingerprint density at radius 3 is 2.09 bits per heavy atom. The zero-order valence-corrected chi connectivity index (χ0v) is 18.7. The van der Waals surface area contributed by atoms with E-state index in [0.717, 1.165) is 11.3 Å². The fourth-order valence-corrected chi connectivity index (χ4v) is 3.00. The number of rotatable bonds is 11. The van der Waals surface area contributed by atoms with Gasteiger partial charge in [-0.1, -0.05) is 5.16 Å². The molecular formula is C24H27NO7. The Bertz CT molecular complexity index is 1000. The standard InChI is InChI=1S/C24H27NO7/c1-5-28-21-12-17(13-22(29-6-2)23(21)30-7-3)24(26)31-15-18-14-20(32-25-18)16-8-10-19(27-4)11-9-16/h8-14H,5-7,15H2,1-4H3. The van der Waals surface area contributed by atoms with Gasteiger partial charge in [0.15, 0.2) is 17.3 Å². The molecule has 8 nitrogen and oxygen atoms in total. The first kappa shape index (κ1) is 23.0. The number of benzene rings is 2. The maximum Gasteiger partial charge on any atom is 0.338 e. The van der Waals surface area contributed by atoms with Crippen LogP contribution in [0.1, 0.15) is 36.8 Å². The van der Waals surface area contributed by atoms with Crippen LogP contribution in [0.3, 0.4) is 0 Å². The van der Waals surface area contributed by atoms with Gasteiger partial charge in [0, 0.05) is 11.6 Å². The number of hydrogen-bond donors (Lipinski definition) is 0. The van der Waals surface area contributed by atoms with E-state index >= 15 is 0 Å². The van der Waals surface area contributed by atoms with Gasteiger partial charge in [0.2, 0.25) is 5.75 Å². The molecule has 0 amide bonds. The van der Waals surface area contributed by atoms with E-state index in [-0.39, 0.29) is 6.61 Å². The van der Waals surface area contributed by atoms with Crippen molar-refractivity contribution in [3.8, 4) is 34.3 Å². The monoisotopic (exact) mass is 441 g/mol. The Morgan fingerprint density at radius 1 is 0.906 bits per heavy atom. The Morgan fingerprint density at radius 2 is 1.53 bits per heavy atom. The zero-order chi connectivity index (χ0) is 22.9. The summed E-state index contributed by atoms with van der Waals surface area (Å²) in [5, 5.41) is 3.98. The highest BCUT2D eigenvalue weighted by molar-refractivity contribution is 5.91. The minimum atomic E-state index is -0.538. The molecule has 2 aromatic carbocycles. The van der Waals surface area contributed by atoms with Gasteiger partial charge in [-0.15, -0.1) is 0 Å². The molecule has 0 unspecified atom stereocenters. The van der Waals surface area contributed by atoms with Crippen LogP contribution < -0.4 is 18.9 Å². The summed E-state index contributed by atoms with van der Waals surface area (Å²) in [6.45, 7) is 6.80. The first-order valence-electron chi connectivity index (χ1n) is 10.4. The quantitative estimate of drug-likeness (QED) is 0.388. The molecule has 0 fully saturated rings. The minimum absolute atomic E-state index is 0.0420. The Labute approximate surface area is 187 Å². The second-order valence-electron chi connectivity index (χ2n) is 6.59. The van der Waals surface area contributed by atoms with Gasteiger partial charge >= 0.3 is 5.97 Å². The molecule has 0 aliphatic carbocycles. The van der Waals surface area contributed by atoms with E-state index in [1.807, 2.05) is 45.0 Å². The van der Waals surface area contributed by atoms with Gasteiger partial charge in [-0.05, 0) is 57.2 Å². The summed E-state index contributed by atoms with van der Waals surface area (Å²) in [5.41, 5.74) is 1.62. The van der Waals surface area contributed by atoms with Crippen molar-refractivity contribution >= 4 is 5.97 Å². The second kappa shape index (κ2) is 11.1. The van der Waals surface area contributed by atoms with Crippen LogP contribution >= 0.6 is 0 Å². The molecule has 0 aliphatic heterocycles. The van der Waals surface area contributed by atoms with Crippen LogP contribution in [-0.2, 0) is 11.3 Å². The molecule has 3 aromatic rings. The summed E-state index contributed by atoms with van der Waals surface area (Å²) in [6, 6.07) is 12.3. The minimum Gasteiger partial charge on any atom is -0.497 e. The molecule has 0 saturated carbocycles. The smallest absolute Gasteiger partial charge is 0.338 e. The lowest BCUT2D eigenvalue weighted by Crippen LogP contribution is -2.09. The average molecular weight is 441 g/mol. The van der Waals surface area contributed by atoms with Crippen LogP contribution in [0.25, 0.3) is 11.3 Å². The number of aromatic nitrogens is 1. The normalized spacial score (nSPS) is 10.5. The van der Waals surface area contributed by atoms with Crippen molar-refractivity contribution in [2.24, 2.45) is 0 Å². The topological polar surface area (TPSA) is 89.3 Å². The predicted molar refractivity (Wildman–Crippen MR) is 118 cm³/mol. The molecule has 8 heteroatoms. The van der Waals surface area contributed by atoms with E-state index in [1.165, 1.54) is 0 Å². The maximum atomic E-state index is 12.7. The van der Waals surface area contributed by atoms with Crippen molar-refractivity contribution in [3.63, 3.8) is 0 Å². The van der Waals surface area contributed by atoms with Crippen molar-refractivity contribution in [1.82, 2.24) is 5.16 Å². The predicted octanol–water partition coefficient (Wildman–Crippen LogP) is 4.90. The Hall–Kier alpha value is -3.68. The Kier molecular flexibility index (Phi) is 7.96. The number of carbonyl (C=O) groups excluding carboxylic acids is 1. The zero-order valence-electron chi connectivity index (χ0n) is 18.7. The van der Waals surface area contributed by atoms with Crippen molar-refractivity contribution in [1.29, 1.82) is 0 Å². The number of carbonyl (C=O) groups is 1. The van der Waals surface area contributed by atoms with E-state index < -0.39 is 5.97 Å². The number of hydrogen-bond acceptors (Lipinski definition) is 8. The third-order valence-corrected chi connectivity index (χ3v) is 4.43. The van der Waals surface area contributed by atoms with Gasteiger partial charge in [0.25, 0.3) is 0 Å². The van der Waals surface area contributed by atoms with Crippen molar-refractivity contribution < 1.29 is 33.0 Å². The summed E-state index contributed by atoms with van der Waals surface area (Å²) < 4.78 is 32.9. The van der Waals surface area contributed by atoms with E-state index in [1.54, 1.807) is 25.3 Å². The van der Waals surface area contributed by atoms with Crippen molar-refractivity contribution in [3.05, 3.63) is 53.7 Å². The molecular weight excluding hydrogens is 414 g/mol. The van der Waals surface area contributed by atoms with Crippen LogP contribution in [0.15, 0.2) is 47.0 Å². The third kappa shape index (κ3) is 5.51. The molecule has 0 N–H and O–H groups in total. The van der Waals surface area contributed by atoms with Crippen molar-refractivity contribution in [2.45, 2.75) is 27.4 Å². The SMILES string of the molecule is CCOc1cc(C(=O)OCc2cc(-c3ccc(OC)cc3)on2)cc(OCC)c1OCC. The molecule has 1 aromatic heterocycles. The summed E-state index contributed by atoms with van der Waals surface area (Å²) in [7, 11) is 1.61. The molecule has 170 valence electrons. The average Bonchev–Trinajstić information content (AvgIpc) is 3.29. The lowest BCUT2D eigenvalue weighted by atomic mass is 10.1. The maximum absolute atomic E-state index is 12.7. The molecule has 3 rings (SSSR count). The lowest BCUT2D eigenvalue weighted by Gasteiger charge is -2.16. The number of esters is 1. The van der Waals surface area contributed by atoms with Gasteiger partial charge in [-0.3, -0.25) is 0 Å². The molecule has 1 heterocycles. The highest BCUT2D eigenvalue weighted by Crippen LogP contribution is 2.39. The van der Waals surface area contributed by atoms with E-state index in [0.29, 0.717) is 54.1 Å². The van der Waals surface area contributed by atoms with E-state index in [2.05, 4.69) is 5.16 Å². The van der Waals surface area contributed by atoms with E-state index in [9.17, 15) is 4.79 Å². The Balaban J connectivity index is 1.73. The molecule has 32 heavy (non-hydrogen) atoms. The van der Waals surface area contributed by atoms with Gasteiger partial charge in [-0.2, -0.15) is 0 Å². The van der Waals surface area contributed by atoms with Gasteiger partial charge in [0.1, 0.15) is 18.1 Å². The summed E-state index contributed by atoms with van der Waals surface area (Å²) in [4.78, 5) is 12.7. The first-order valence-corrected chi connectivity index (χ1v) is 10.4. The third-order valence-electron chi connectivity index (χ3n) is 4.43. The van der Waals surface area contributed by atoms with Crippen LogP contribution in [0.5, 0.6) is 23.0 Å². The lowest BCUT2D eigenvalue weighted by molar-refractivity contribution is 0.0463. The fraction of sp³-hybridized carbons (Fsp3) is 0.333. The summed E-state index contributed by atoms with van der Waals surface area (Å²) in [6.07, 6.45) is 0. The van der Waals surface area contributed by atoms with Crippen LogP contribution in [-0.4, -0.2) is 38.1 Å². The molecule has 0 atom stereocenters. The first-order chi connectivity index (χ1) is 15.6. The highest BCUT2D eigenvalue weighted by atomic mass is 16.5. The summed E-state index contributed by atoms with van der Waals surface area (Å²) >= 11 is 0. The largest absolute Gasteiger partial charge is 0.497 e. The van der Waals surface area contributed by atoms with E-state index in [4.69, 9.17) is 28.2 Å². The van der Waals surface area contributed by atoms with Gasteiger partial charge in [0.05, 0.1) is 32.5 Å². The van der Waals surface area contributed by atoms with Crippen LogP contribution in [0.2, 0.25) is 0 Å². The molecule has 0 bridgehead atoms. The molecule has 0 saturated heterocycles. The number of methoxy groups -OCH3 is 1. The van der Waals surface area contributed by atoms with Crippen LogP contribution in [0, 0.1) is 0 Å². The highest BCUT2D eigenvalue weighted by Gasteiger charge is 2.20. The second-order valence-corrected chi connectivity index (χ2v) is 6.59. The number of ether oxygens (including phenoxy) is 5. The fourth-order valence-electron chi connectivity index (χ4n) is 3.00. The number of nitrogens with zero attached hydrogens (tertiary/aromatic N) is 1. The molecule has 0 spiro atoms.